The van der Waals surface area contributed by atoms with Crippen molar-refractivity contribution in [3.05, 3.63) is 64.7 Å². The quantitative estimate of drug-likeness (QED) is 0.901. The molecular formula is C14H10ClF2NO2. The van der Waals surface area contributed by atoms with Gasteiger partial charge in [0.25, 0.3) is 0 Å². The number of carboxylic acids is 1. The molecule has 104 valence electrons. The summed E-state index contributed by atoms with van der Waals surface area (Å²) in [6.07, 6.45) is 0. The summed E-state index contributed by atoms with van der Waals surface area (Å²) in [6, 6.07) is 7.97. The van der Waals surface area contributed by atoms with E-state index in [1.807, 2.05) is 0 Å². The van der Waals surface area contributed by atoms with E-state index >= 15 is 0 Å². The highest BCUT2D eigenvalue weighted by molar-refractivity contribution is 6.30. The minimum Gasteiger partial charge on any atom is -0.479 e. The third kappa shape index (κ3) is 3.05. The first-order valence-corrected chi connectivity index (χ1v) is 6.05. The third-order valence-electron chi connectivity index (χ3n) is 2.68. The van der Waals surface area contributed by atoms with Crippen molar-refractivity contribution in [3.8, 4) is 0 Å². The lowest BCUT2D eigenvalue weighted by atomic mass is 10.1. The maximum absolute atomic E-state index is 13.9. The number of hydrogen-bond acceptors (Lipinski definition) is 2. The molecule has 3 nitrogen and oxygen atoms in total. The molecule has 0 heterocycles. The van der Waals surface area contributed by atoms with E-state index < -0.39 is 23.6 Å². The van der Waals surface area contributed by atoms with E-state index in [4.69, 9.17) is 11.6 Å². The number of benzene rings is 2. The molecule has 0 aliphatic carbocycles. The minimum absolute atomic E-state index is 0.116. The van der Waals surface area contributed by atoms with E-state index in [-0.39, 0.29) is 16.3 Å². The summed E-state index contributed by atoms with van der Waals surface area (Å²) in [5.41, 5.74) is 0.117. The van der Waals surface area contributed by atoms with Crippen LogP contribution in [0.3, 0.4) is 0 Å². The van der Waals surface area contributed by atoms with Crippen LogP contribution in [0.1, 0.15) is 11.6 Å². The van der Waals surface area contributed by atoms with Crippen molar-refractivity contribution in [1.82, 2.24) is 0 Å². The Morgan fingerprint density at radius 3 is 2.55 bits per heavy atom. The van der Waals surface area contributed by atoms with Crippen molar-refractivity contribution in [2.24, 2.45) is 0 Å². The topological polar surface area (TPSA) is 49.3 Å². The predicted molar refractivity (Wildman–Crippen MR) is 71.8 cm³/mol. The van der Waals surface area contributed by atoms with Gasteiger partial charge < -0.3 is 10.4 Å². The number of anilines is 1. The molecule has 0 aliphatic rings. The zero-order valence-corrected chi connectivity index (χ0v) is 10.9. The first-order valence-electron chi connectivity index (χ1n) is 5.68. The van der Waals surface area contributed by atoms with Crippen LogP contribution in [0, 0.1) is 11.6 Å². The lowest BCUT2D eigenvalue weighted by Gasteiger charge is -2.17. The summed E-state index contributed by atoms with van der Waals surface area (Å²) in [7, 11) is 0. The predicted octanol–water partition coefficient (Wildman–Crippen LogP) is 3.86. The molecule has 0 saturated carbocycles. The van der Waals surface area contributed by atoms with Crippen LogP contribution in [0.15, 0.2) is 42.5 Å². The van der Waals surface area contributed by atoms with Gasteiger partial charge >= 0.3 is 5.97 Å². The second-order valence-electron chi connectivity index (χ2n) is 4.07. The summed E-state index contributed by atoms with van der Waals surface area (Å²) in [5, 5.41) is 11.6. The van der Waals surface area contributed by atoms with Crippen molar-refractivity contribution in [2.75, 3.05) is 5.32 Å². The van der Waals surface area contributed by atoms with Crippen LogP contribution in [-0.4, -0.2) is 11.1 Å². The van der Waals surface area contributed by atoms with E-state index in [2.05, 4.69) is 5.32 Å². The summed E-state index contributed by atoms with van der Waals surface area (Å²) in [6.45, 7) is 0. The molecule has 0 bridgehead atoms. The largest absolute Gasteiger partial charge is 0.479 e. The van der Waals surface area contributed by atoms with Crippen molar-refractivity contribution in [3.63, 3.8) is 0 Å². The highest BCUT2D eigenvalue weighted by atomic mass is 35.5. The smallest absolute Gasteiger partial charge is 0.330 e. The summed E-state index contributed by atoms with van der Waals surface area (Å²) in [5.74, 6) is -2.63. The van der Waals surface area contributed by atoms with Crippen LogP contribution in [-0.2, 0) is 4.79 Å². The number of hydrogen-bond donors (Lipinski definition) is 2. The Morgan fingerprint density at radius 1 is 1.20 bits per heavy atom. The Balaban J connectivity index is 2.37. The van der Waals surface area contributed by atoms with Crippen LogP contribution >= 0.6 is 11.6 Å². The van der Waals surface area contributed by atoms with Crippen LogP contribution in [0.4, 0.5) is 14.5 Å². The van der Waals surface area contributed by atoms with Gasteiger partial charge in [0.05, 0.1) is 5.02 Å². The molecule has 2 N–H and O–H groups in total. The molecule has 1 atom stereocenters. The molecule has 1 unspecified atom stereocenters. The fraction of sp³-hybridized carbons (Fsp3) is 0.0714. The number of nitrogens with one attached hydrogen (secondary N) is 1. The zero-order chi connectivity index (χ0) is 14.7. The summed E-state index contributed by atoms with van der Waals surface area (Å²) in [4.78, 5) is 11.3. The van der Waals surface area contributed by atoms with Crippen LogP contribution < -0.4 is 5.32 Å². The van der Waals surface area contributed by atoms with E-state index in [9.17, 15) is 18.7 Å². The SMILES string of the molecule is O=C(O)C(Nc1cccc(F)c1)c1cccc(Cl)c1F. The van der Waals surface area contributed by atoms with Gasteiger partial charge in [-0.15, -0.1) is 0 Å². The van der Waals surface area contributed by atoms with Gasteiger partial charge in [0, 0.05) is 11.3 Å². The molecule has 6 heteroatoms. The second-order valence-corrected chi connectivity index (χ2v) is 4.48. The normalized spacial score (nSPS) is 11.9. The fourth-order valence-corrected chi connectivity index (χ4v) is 1.94. The zero-order valence-electron chi connectivity index (χ0n) is 10.1. The Bertz CT molecular complexity index is 649. The van der Waals surface area contributed by atoms with Gasteiger partial charge in [-0.2, -0.15) is 0 Å². The van der Waals surface area contributed by atoms with Gasteiger partial charge in [-0.25, -0.2) is 13.6 Å². The third-order valence-corrected chi connectivity index (χ3v) is 2.97. The molecule has 0 spiro atoms. The van der Waals surface area contributed by atoms with Crippen LogP contribution in [0.2, 0.25) is 5.02 Å². The van der Waals surface area contributed by atoms with Gasteiger partial charge in [0.15, 0.2) is 6.04 Å². The summed E-state index contributed by atoms with van der Waals surface area (Å²) < 4.78 is 27.0. The minimum atomic E-state index is -1.37. The molecule has 2 aromatic carbocycles. The standard InChI is InChI=1S/C14H10ClF2NO2/c15-11-6-2-5-10(12(11)17)13(14(19)20)18-9-4-1-3-8(16)7-9/h1-7,13,18H,(H,19,20). The Kier molecular flexibility index (Phi) is 4.20. The van der Waals surface area contributed by atoms with Crippen molar-refractivity contribution in [2.45, 2.75) is 6.04 Å². The number of rotatable bonds is 4. The molecule has 2 aromatic rings. The highest BCUT2D eigenvalue weighted by Gasteiger charge is 2.24. The van der Waals surface area contributed by atoms with Gasteiger partial charge in [0.1, 0.15) is 11.6 Å². The Hall–Kier alpha value is -2.14. The number of aliphatic carboxylic acids is 1. The maximum atomic E-state index is 13.9. The molecule has 2 rings (SSSR count). The van der Waals surface area contributed by atoms with E-state index in [0.29, 0.717) is 0 Å². The number of carboxylic acid groups (broad SMARTS) is 1. The lowest BCUT2D eigenvalue weighted by Crippen LogP contribution is -2.21. The van der Waals surface area contributed by atoms with Crippen molar-refractivity contribution < 1.29 is 18.7 Å². The Morgan fingerprint density at radius 2 is 1.90 bits per heavy atom. The summed E-state index contributed by atoms with van der Waals surface area (Å²) >= 11 is 5.64. The maximum Gasteiger partial charge on any atom is 0.330 e. The first kappa shape index (κ1) is 14.3. The average Bonchev–Trinajstić information content (AvgIpc) is 2.39. The second kappa shape index (κ2) is 5.88. The number of carbonyl (C=O) groups is 1. The monoisotopic (exact) mass is 297 g/mol. The van der Waals surface area contributed by atoms with E-state index in [1.165, 1.54) is 36.4 Å². The van der Waals surface area contributed by atoms with Gasteiger partial charge in [-0.1, -0.05) is 29.8 Å². The van der Waals surface area contributed by atoms with Crippen LogP contribution in [0.25, 0.3) is 0 Å². The van der Waals surface area contributed by atoms with E-state index in [1.54, 1.807) is 0 Å². The number of halogens is 3. The molecule has 0 radical (unpaired) electrons. The molecule has 0 aliphatic heterocycles. The van der Waals surface area contributed by atoms with Crippen molar-refractivity contribution >= 4 is 23.3 Å². The van der Waals surface area contributed by atoms with Crippen molar-refractivity contribution in [1.29, 1.82) is 0 Å². The lowest BCUT2D eigenvalue weighted by molar-refractivity contribution is -0.138. The fourth-order valence-electron chi connectivity index (χ4n) is 1.76. The molecule has 20 heavy (non-hydrogen) atoms. The van der Waals surface area contributed by atoms with E-state index in [0.717, 1.165) is 6.07 Å². The molecule has 0 aromatic heterocycles. The first-order chi connectivity index (χ1) is 9.49. The molecule has 0 saturated heterocycles. The van der Waals surface area contributed by atoms with Gasteiger partial charge in [0.2, 0.25) is 0 Å². The molecule has 0 fully saturated rings. The average molecular weight is 298 g/mol. The van der Waals surface area contributed by atoms with Gasteiger partial charge in [-0.05, 0) is 24.3 Å². The molecule has 0 amide bonds. The Labute approximate surface area is 118 Å². The molecular weight excluding hydrogens is 288 g/mol. The van der Waals surface area contributed by atoms with Gasteiger partial charge in [-0.3, -0.25) is 0 Å². The highest BCUT2D eigenvalue weighted by Crippen LogP contribution is 2.26. The van der Waals surface area contributed by atoms with Crippen LogP contribution in [0.5, 0.6) is 0 Å².